The van der Waals surface area contributed by atoms with Crippen molar-refractivity contribution in [2.24, 2.45) is 11.3 Å². The molecule has 0 atom stereocenters. The molecule has 2 aliphatic rings. The second-order valence-electron chi connectivity index (χ2n) is 9.57. The van der Waals surface area contributed by atoms with Gasteiger partial charge in [0.15, 0.2) is 4.08 Å². The Kier molecular flexibility index (Phi) is 9.76. The SMILES string of the molecule is CSC(Cc1cc(Cl)c(Cl)cc1NC(=O)C1(CC2CCCCC2)CCCCC1)(SC)C(=O)O. The van der Waals surface area contributed by atoms with Gasteiger partial charge < -0.3 is 10.4 Å². The minimum absolute atomic E-state index is 0.0571. The average molecular weight is 533 g/mol. The zero-order chi connectivity index (χ0) is 24.1. The summed E-state index contributed by atoms with van der Waals surface area (Å²) in [6.45, 7) is 0. The molecule has 2 fully saturated rings. The summed E-state index contributed by atoms with van der Waals surface area (Å²) in [5.41, 5.74) is 0.927. The standard InChI is InChI=1S/C25H35Cl2NO3S2/c1-32-25(33-2,23(30)31)16-18-13-19(26)20(27)14-21(18)28-22(29)24(11-7-4-8-12-24)15-17-9-5-3-6-10-17/h13-14,17H,3-12,15-16H2,1-2H3,(H,28,29)(H,30,31). The Morgan fingerprint density at radius 3 is 2.18 bits per heavy atom. The third-order valence-electron chi connectivity index (χ3n) is 7.50. The topological polar surface area (TPSA) is 66.4 Å². The molecule has 0 aromatic heterocycles. The van der Waals surface area contributed by atoms with E-state index in [-0.39, 0.29) is 17.7 Å². The van der Waals surface area contributed by atoms with Gasteiger partial charge in [-0.1, -0.05) is 74.6 Å². The Balaban J connectivity index is 1.90. The Bertz CT molecular complexity index is 848. The minimum Gasteiger partial charge on any atom is -0.480 e. The van der Waals surface area contributed by atoms with Gasteiger partial charge in [-0.15, -0.1) is 23.5 Å². The highest BCUT2D eigenvalue weighted by atomic mass is 35.5. The van der Waals surface area contributed by atoms with E-state index in [1.807, 2.05) is 0 Å². The van der Waals surface area contributed by atoms with Crippen LogP contribution in [0.3, 0.4) is 0 Å². The molecule has 8 heteroatoms. The van der Waals surface area contributed by atoms with Crippen LogP contribution < -0.4 is 5.32 Å². The molecule has 0 radical (unpaired) electrons. The van der Waals surface area contributed by atoms with Gasteiger partial charge in [0.1, 0.15) is 0 Å². The zero-order valence-electron chi connectivity index (χ0n) is 19.6. The largest absolute Gasteiger partial charge is 0.480 e. The fraction of sp³-hybridized carbons (Fsp3) is 0.680. The summed E-state index contributed by atoms with van der Waals surface area (Å²) in [5, 5.41) is 13.8. The number of nitrogens with one attached hydrogen (secondary N) is 1. The molecule has 1 aromatic carbocycles. The molecule has 2 aliphatic carbocycles. The van der Waals surface area contributed by atoms with Crippen molar-refractivity contribution >= 4 is 64.3 Å². The van der Waals surface area contributed by atoms with E-state index in [4.69, 9.17) is 23.2 Å². The normalized spacial score (nSPS) is 19.3. The number of halogens is 2. The van der Waals surface area contributed by atoms with Crippen LogP contribution >= 0.6 is 46.7 Å². The van der Waals surface area contributed by atoms with Crippen molar-refractivity contribution in [1.82, 2.24) is 0 Å². The van der Waals surface area contributed by atoms with Crippen LogP contribution in [0.2, 0.25) is 10.0 Å². The first-order chi connectivity index (χ1) is 15.7. The van der Waals surface area contributed by atoms with E-state index in [0.29, 0.717) is 27.2 Å². The maximum atomic E-state index is 13.8. The molecule has 3 rings (SSSR count). The quantitative estimate of drug-likeness (QED) is 0.317. The number of hydrogen-bond donors (Lipinski definition) is 2. The van der Waals surface area contributed by atoms with Crippen LogP contribution in [0.15, 0.2) is 12.1 Å². The van der Waals surface area contributed by atoms with E-state index in [9.17, 15) is 14.7 Å². The van der Waals surface area contributed by atoms with Crippen molar-refractivity contribution in [3.8, 4) is 0 Å². The highest BCUT2D eigenvalue weighted by Gasteiger charge is 2.42. The summed E-state index contributed by atoms with van der Waals surface area (Å²) < 4.78 is -1.07. The molecule has 0 unspecified atom stereocenters. The summed E-state index contributed by atoms with van der Waals surface area (Å²) in [6, 6.07) is 3.39. The lowest BCUT2D eigenvalue weighted by Crippen LogP contribution is -2.40. The Hall–Kier alpha value is -0.560. The van der Waals surface area contributed by atoms with Crippen LogP contribution in [0.1, 0.15) is 76.2 Å². The number of amides is 1. The first-order valence-electron chi connectivity index (χ1n) is 11.9. The highest BCUT2D eigenvalue weighted by molar-refractivity contribution is 8.18. The fourth-order valence-electron chi connectivity index (χ4n) is 5.53. The third-order valence-corrected chi connectivity index (χ3v) is 11.2. The number of carbonyl (C=O) groups excluding carboxylic acids is 1. The van der Waals surface area contributed by atoms with Gasteiger partial charge in [0.25, 0.3) is 0 Å². The lowest BCUT2D eigenvalue weighted by Gasteiger charge is -2.39. The summed E-state index contributed by atoms with van der Waals surface area (Å²) >= 11 is 15.2. The van der Waals surface area contributed by atoms with Crippen LogP contribution in [0.4, 0.5) is 5.69 Å². The lowest BCUT2D eigenvalue weighted by molar-refractivity contribution is -0.137. The number of hydrogen-bond acceptors (Lipinski definition) is 4. The smallest absolute Gasteiger partial charge is 0.330 e. The maximum absolute atomic E-state index is 13.8. The molecule has 0 spiro atoms. The highest BCUT2D eigenvalue weighted by Crippen LogP contribution is 2.46. The number of aliphatic carboxylic acids is 1. The first-order valence-corrected chi connectivity index (χ1v) is 15.1. The van der Waals surface area contributed by atoms with Crippen LogP contribution in [0.25, 0.3) is 0 Å². The van der Waals surface area contributed by atoms with Crippen LogP contribution in [0.5, 0.6) is 0 Å². The van der Waals surface area contributed by atoms with Crippen molar-refractivity contribution < 1.29 is 14.7 Å². The lowest BCUT2D eigenvalue weighted by atomic mass is 9.66. The van der Waals surface area contributed by atoms with Crippen molar-refractivity contribution in [2.75, 3.05) is 17.8 Å². The van der Waals surface area contributed by atoms with Crippen molar-refractivity contribution in [2.45, 2.75) is 81.1 Å². The Morgan fingerprint density at radius 2 is 1.61 bits per heavy atom. The van der Waals surface area contributed by atoms with E-state index in [1.165, 1.54) is 62.0 Å². The predicted octanol–water partition coefficient (Wildman–Crippen LogP) is 7.90. The molecule has 2 saturated carbocycles. The molecule has 33 heavy (non-hydrogen) atoms. The second-order valence-corrected chi connectivity index (χ2v) is 12.9. The number of carboxylic acids is 1. The summed E-state index contributed by atoms with van der Waals surface area (Å²) in [5.74, 6) is -0.225. The van der Waals surface area contributed by atoms with Gasteiger partial charge in [-0.25, -0.2) is 4.79 Å². The van der Waals surface area contributed by atoms with E-state index in [2.05, 4.69) is 5.32 Å². The summed E-state index contributed by atoms with van der Waals surface area (Å²) in [7, 11) is 0. The number of thioether (sulfide) groups is 2. The van der Waals surface area contributed by atoms with Gasteiger partial charge in [-0.2, -0.15) is 0 Å². The molecule has 1 amide bonds. The van der Waals surface area contributed by atoms with Gasteiger partial charge in [0.05, 0.1) is 10.0 Å². The molecule has 184 valence electrons. The van der Waals surface area contributed by atoms with Crippen molar-refractivity contribution in [3.05, 3.63) is 27.7 Å². The molecule has 0 saturated heterocycles. The number of carboxylic acid groups (broad SMARTS) is 1. The Morgan fingerprint density at radius 1 is 1.03 bits per heavy atom. The van der Waals surface area contributed by atoms with Gasteiger partial charge in [-0.05, 0) is 55.4 Å². The second kappa shape index (κ2) is 11.9. The summed E-state index contributed by atoms with van der Waals surface area (Å²) in [4.78, 5) is 25.9. The molecule has 4 nitrogen and oxygen atoms in total. The van der Waals surface area contributed by atoms with Gasteiger partial charge in [0, 0.05) is 17.5 Å². The molecule has 0 aliphatic heterocycles. The van der Waals surface area contributed by atoms with Gasteiger partial charge >= 0.3 is 5.97 Å². The molecular weight excluding hydrogens is 497 g/mol. The monoisotopic (exact) mass is 531 g/mol. The van der Waals surface area contributed by atoms with E-state index < -0.39 is 10.0 Å². The number of anilines is 1. The van der Waals surface area contributed by atoms with E-state index in [0.717, 1.165) is 32.1 Å². The van der Waals surface area contributed by atoms with Crippen LogP contribution in [-0.2, 0) is 16.0 Å². The van der Waals surface area contributed by atoms with Crippen molar-refractivity contribution in [3.63, 3.8) is 0 Å². The molecular formula is C25H35Cl2NO3S2. The molecule has 0 heterocycles. The first kappa shape index (κ1) is 27.0. The minimum atomic E-state index is -1.07. The van der Waals surface area contributed by atoms with Crippen molar-refractivity contribution in [1.29, 1.82) is 0 Å². The summed E-state index contributed by atoms with van der Waals surface area (Å²) in [6.07, 6.45) is 16.2. The van der Waals surface area contributed by atoms with E-state index >= 15 is 0 Å². The van der Waals surface area contributed by atoms with Crippen LogP contribution in [0, 0.1) is 11.3 Å². The van der Waals surface area contributed by atoms with Gasteiger partial charge in [0.2, 0.25) is 5.91 Å². The molecule has 2 N–H and O–H groups in total. The number of benzene rings is 1. The van der Waals surface area contributed by atoms with Crippen LogP contribution in [-0.4, -0.2) is 33.6 Å². The number of rotatable bonds is 9. The fourth-order valence-corrected chi connectivity index (χ4v) is 7.50. The third kappa shape index (κ3) is 6.36. The molecule has 1 aromatic rings. The zero-order valence-corrected chi connectivity index (χ0v) is 22.7. The Labute approximate surface area is 216 Å². The molecule has 0 bridgehead atoms. The number of carbonyl (C=O) groups is 2. The average Bonchev–Trinajstić information content (AvgIpc) is 2.81. The maximum Gasteiger partial charge on any atom is 0.330 e. The van der Waals surface area contributed by atoms with E-state index in [1.54, 1.807) is 24.6 Å². The van der Waals surface area contributed by atoms with Gasteiger partial charge in [-0.3, -0.25) is 4.79 Å². The predicted molar refractivity (Wildman–Crippen MR) is 143 cm³/mol.